The Hall–Kier alpha value is -3.05. The van der Waals surface area contributed by atoms with Crippen LogP contribution >= 0.6 is 23.2 Å². The molecule has 3 aromatic rings. The predicted molar refractivity (Wildman–Crippen MR) is 105 cm³/mol. The smallest absolute Gasteiger partial charge is 0.322 e. The number of halogens is 8. The Balaban J connectivity index is 1.80. The summed E-state index contributed by atoms with van der Waals surface area (Å²) < 4.78 is 79.2. The van der Waals surface area contributed by atoms with E-state index in [1.165, 1.54) is 6.07 Å². The molecule has 0 fully saturated rings. The Morgan fingerprint density at radius 1 is 1.00 bits per heavy atom. The molecule has 0 atom stereocenters. The van der Waals surface area contributed by atoms with E-state index >= 15 is 0 Å². The standard InChI is InChI=1S/C19H10Cl2F6N4O/c20-16-17(21)31(9-29-16)14-5-3-12(7-13(14)19(25,26)27)30-15(32)6-4-11-2-1-10(8-28-11)18(22,23)24/h1-9H,(H,30,32). The Labute approximate surface area is 186 Å². The van der Waals surface area contributed by atoms with Gasteiger partial charge in [-0.1, -0.05) is 23.2 Å². The number of imidazole rings is 1. The predicted octanol–water partition coefficient (Wildman–Crippen LogP) is 6.26. The Morgan fingerprint density at radius 3 is 2.25 bits per heavy atom. The number of hydrogen-bond donors (Lipinski definition) is 1. The first kappa shape index (κ1) is 23.6. The fourth-order valence-corrected chi connectivity index (χ4v) is 2.87. The molecular formula is C19H10Cl2F6N4O. The first-order chi connectivity index (χ1) is 14.9. The lowest BCUT2D eigenvalue weighted by atomic mass is 10.1. The maximum absolute atomic E-state index is 13.6. The van der Waals surface area contributed by atoms with Gasteiger partial charge in [0.1, 0.15) is 6.33 Å². The van der Waals surface area contributed by atoms with Crippen molar-refractivity contribution < 1.29 is 31.1 Å². The SMILES string of the molecule is O=C(C=Cc1ccc(C(F)(F)F)cn1)Nc1ccc(-n2cnc(Cl)c2Cl)c(C(F)(F)F)c1. The molecule has 1 amide bonds. The molecule has 0 aliphatic rings. The lowest BCUT2D eigenvalue weighted by Gasteiger charge is -2.15. The Kier molecular flexibility index (Phi) is 6.51. The van der Waals surface area contributed by atoms with Crippen LogP contribution in [0.15, 0.2) is 48.9 Å². The summed E-state index contributed by atoms with van der Waals surface area (Å²) in [5.74, 6) is -0.823. The average Bonchev–Trinajstić information content (AvgIpc) is 3.04. The highest BCUT2D eigenvalue weighted by molar-refractivity contribution is 6.40. The maximum atomic E-state index is 13.6. The van der Waals surface area contributed by atoms with Gasteiger partial charge < -0.3 is 5.32 Å². The van der Waals surface area contributed by atoms with Gasteiger partial charge in [-0.05, 0) is 36.4 Å². The Morgan fingerprint density at radius 2 is 1.72 bits per heavy atom. The van der Waals surface area contributed by atoms with Gasteiger partial charge in [0.25, 0.3) is 0 Å². The van der Waals surface area contributed by atoms with Gasteiger partial charge >= 0.3 is 12.4 Å². The molecule has 32 heavy (non-hydrogen) atoms. The van der Waals surface area contributed by atoms with E-state index in [0.717, 1.165) is 41.2 Å². The van der Waals surface area contributed by atoms with Crippen molar-refractivity contribution in [3.05, 3.63) is 76.1 Å². The number of nitrogens with one attached hydrogen (secondary N) is 1. The van der Waals surface area contributed by atoms with Gasteiger partial charge in [-0.25, -0.2) is 4.98 Å². The number of anilines is 1. The third-order valence-corrected chi connectivity index (χ3v) is 4.75. The van der Waals surface area contributed by atoms with Crippen LogP contribution in [0.3, 0.4) is 0 Å². The molecule has 2 heterocycles. The number of aromatic nitrogens is 3. The number of carbonyl (C=O) groups excluding carboxylic acids is 1. The Bertz CT molecular complexity index is 1170. The number of carbonyl (C=O) groups is 1. The fourth-order valence-electron chi connectivity index (χ4n) is 2.55. The average molecular weight is 495 g/mol. The van der Waals surface area contributed by atoms with Crippen molar-refractivity contribution in [3.63, 3.8) is 0 Å². The molecule has 1 aromatic carbocycles. The third-order valence-electron chi connectivity index (χ3n) is 4.02. The zero-order valence-electron chi connectivity index (χ0n) is 15.5. The van der Waals surface area contributed by atoms with Crippen molar-refractivity contribution in [1.29, 1.82) is 0 Å². The molecule has 168 valence electrons. The van der Waals surface area contributed by atoms with Crippen molar-refractivity contribution >= 4 is 40.9 Å². The highest BCUT2D eigenvalue weighted by atomic mass is 35.5. The lowest BCUT2D eigenvalue weighted by molar-refractivity contribution is -0.138. The number of hydrogen-bond acceptors (Lipinski definition) is 3. The summed E-state index contributed by atoms with van der Waals surface area (Å²) in [6.07, 6.45) is -5.70. The monoisotopic (exact) mass is 494 g/mol. The van der Waals surface area contributed by atoms with Gasteiger partial charge in [-0.15, -0.1) is 0 Å². The number of nitrogens with zero attached hydrogens (tertiary/aromatic N) is 3. The van der Waals surface area contributed by atoms with Gasteiger partial charge in [0.05, 0.1) is 22.5 Å². The van der Waals surface area contributed by atoms with Crippen LogP contribution in [0.1, 0.15) is 16.8 Å². The largest absolute Gasteiger partial charge is 0.418 e. The minimum absolute atomic E-state index is 0.0473. The zero-order valence-corrected chi connectivity index (χ0v) is 17.0. The van der Waals surface area contributed by atoms with Gasteiger partial charge in [0.2, 0.25) is 5.91 Å². The normalized spacial score (nSPS) is 12.4. The van der Waals surface area contributed by atoms with Crippen LogP contribution in [0.2, 0.25) is 10.3 Å². The summed E-state index contributed by atoms with van der Waals surface area (Å²) in [7, 11) is 0. The molecule has 0 saturated heterocycles. The van der Waals surface area contributed by atoms with Crippen LogP contribution in [-0.2, 0) is 17.1 Å². The molecule has 1 N–H and O–H groups in total. The van der Waals surface area contributed by atoms with E-state index < -0.39 is 29.4 Å². The molecule has 0 spiro atoms. The molecule has 0 radical (unpaired) electrons. The van der Waals surface area contributed by atoms with Crippen LogP contribution in [0.5, 0.6) is 0 Å². The van der Waals surface area contributed by atoms with Gasteiger partial charge in [-0.2, -0.15) is 26.3 Å². The first-order valence-electron chi connectivity index (χ1n) is 8.48. The number of rotatable bonds is 4. The van der Waals surface area contributed by atoms with Crippen LogP contribution in [0.4, 0.5) is 32.0 Å². The quantitative estimate of drug-likeness (QED) is 0.343. The van der Waals surface area contributed by atoms with Crippen molar-refractivity contribution in [3.8, 4) is 5.69 Å². The van der Waals surface area contributed by atoms with E-state index in [0.29, 0.717) is 12.3 Å². The molecule has 13 heteroatoms. The van der Waals surface area contributed by atoms with Crippen molar-refractivity contribution in [2.45, 2.75) is 12.4 Å². The first-order valence-corrected chi connectivity index (χ1v) is 9.24. The van der Waals surface area contributed by atoms with E-state index in [4.69, 9.17) is 23.2 Å². The number of benzene rings is 1. The molecule has 0 unspecified atom stereocenters. The van der Waals surface area contributed by atoms with Crippen molar-refractivity contribution in [2.24, 2.45) is 0 Å². The summed E-state index contributed by atoms with van der Waals surface area (Å²) in [5.41, 5.74) is -2.56. The van der Waals surface area contributed by atoms with Crippen LogP contribution in [-0.4, -0.2) is 20.4 Å². The molecule has 0 aliphatic heterocycles. The zero-order chi connectivity index (χ0) is 23.7. The summed E-state index contributed by atoms with van der Waals surface area (Å²) >= 11 is 11.6. The molecule has 0 aliphatic carbocycles. The molecular weight excluding hydrogens is 485 g/mol. The highest BCUT2D eigenvalue weighted by Gasteiger charge is 2.35. The minimum atomic E-state index is -4.80. The number of alkyl halides is 6. The summed E-state index contributed by atoms with van der Waals surface area (Å²) in [6, 6.07) is 4.80. The van der Waals surface area contributed by atoms with Crippen LogP contribution in [0, 0.1) is 0 Å². The molecule has 0 saturated carbocycles. The third kappa shape index (κ3) is 5.40. The number of amides is 1. The van der Waals surface area contributed by atoms with E-state index in [1.807, 2.05) is 0 Å². The molecule has 5 nitrogen and oxygen atoms in total. The topological polar surface area (TPSA) is 59.8 Å². The van der Waals surface area contributed by atoms with Gasteiger partial charge in [0.15, 0.2) is 10.3 Å². The van der Waals surface area contributed by atoms with E-state index in [9.17, 15) is 31.1 Å². The summed E-state index contributed by atoms with van der Waals surface area (Å²) in [5, 5.41) is 1.84. The van der Waals surface area contributed by atoms with Crippen molar-refractivity contribution in [2.75, 3.05) is 5.32 Å². The van der Waals surface area contributed by atoms with Gasteiger partial charge in [-0.3, -0.25) is 14.3 Å². The second-order valence-corrected chi connectivity index (χ2v) is 6.93. The van der Waals surface area contributed by atoms with E-state index in [-0.39, 0.29) is 27.4 Å². The highest BCUT2D eigenvalue weighted by Crippen LogP contribution is 2.37. The fraction of sp³-hybridized carbons (Fsp3) is 0.105. The van der Waals surface area contributed by atoms with Crippen LogP contribution < -0.4 is 5.32 Å². The second kappa shape index (κ2) is 8.83. The second-order valence-electron chi connectivity index (χ2n) is 6.22. The minimum Gasteiger partial charge on any atom is -0.322 e. The van der Waals surface area contributed by atoms with E-state index in [1.54, 1.807) is 0 Å². The number of pyridine rings is 1. The van der Waals surface area contributed by atoms with Crippen molar-refractivity contribution in [1.82, 2.24) is 14.5 Å². The van der Waals surface area contributed by atoms with E-state index in [2.05, 4.69) is 15.3 Å². The lowest BCUT2D eigenvalue weighted by Crippen LogP contribution is -2.13. The van der Waals surface area contributed by atoms with Gasteiger partial charge in [0, 0.05) is 18.0 Å². The van der Waals surface area contributed by atoms with Crippen LogP contribution in [0.25, 0.3) is 11.8 Å². The molecule has 0 bridgehead atoms. The maximum Gasteiger partial charge on any atom is 0.418 e. The molecule has 2 aromatic heterocycles. The summed E-state index contributed by atoms with van der Waals surface area (Å²) in [4.78, 5) is 19.2. The molecule has 3 rings (SSSR count). The summed E-state index contributed by atoms with van der Waals surface area (Å²) in [6.45, 7) is 0.